The standard InChI is InChI=1S/C20H26N2O4S/c1-6-16-9-7-8-14(2)19(16)21-20(23)15(3)22(27(5,24)25)17-10-12-18(26-4)13-11-17/h7-13,15H,6H2,1-5H3,(H,21,23). The molecule has 1 unspecified atom stereocenters. The lowest BCUT2D eigenvalue weighted by atomic mass is 10.1. The molecule has 0 aliphatic rings. The first-order valence-electron chi connectivity index (χ1n) is 8.71. The number of methoxy groups -OCH3 is 1. The number of rotatable bonds is 7. The molecule has 2 aromatic carbocycles. The summed E-state index contributed by atoms with van der Waals surface area (Å²) in [5.74, 6) is 0.219. The molecule has 2 aromatic rings. The fraction of sp³-hybridized carbons (Fsp3) is 0.350. The van der Waals surface area contributed by atoms with E-state index in [1.165, 1.54) is 7.11 Å². The van der Waals surface area contributed by atoms with E-state index < -0.39 is 16.1 Å². The molecule has 0 aromatic heterocycles. The lowest BCUT2D eigenvalue weighted by molar-refractivity contribution is -0.116. The molecule has 0 heterocycles. The van der Waals surface area contributed by atoms with Gasteiger partial charge in [-0.3, -0.25) is 9.10 Å². The summed E-state index contributed by atoms with van der Waals surface area (Å²) in [6.45, 7) is 5.50. The smallest absolute Gasteiger partial charge is 0.248 e. The minimum atomic E-state index is -3.67. The molecule has 6 nitrogen and oxygen atoms in total. The van der Waals surface area contributed by atoms with E-state index in [0.29, 0.717) is 11.4 Å². The third-order valence-electron chi connectivity index (χ3n) is 4.40. The average molecular weight is 391 g/mol. The summed E-state index contributed by atoms with van der Waals surface area (Å²) in [5, 5.41) is 2.90. The second-order valence-corrected chi connectivity index (χ2v) is 8.24. The van der Waals surface area contributed by atoms with Crippen molar-refractivity contribution in [2.45, 2.75) is 33.2 Å². The molecule has 0 saturated heterocycles. The van der Waals surface area contributed by atoms with E-state index in [1.54, 1.807) is 31.2 Å². The van der Waals surface area contributed by atoms with Gasteiger partial charge in [-0.25, -0.2) is 8.42 Å². The molecule has 7 heteroatoms. The number of nitrogens with zero attached hydrogens (tertiary/aromatic N) is 1. The zero-order chi connectivity index (χ0) is 20.2. The summed E-state index contributed by atoms with van der Waals surface area (Å²) in [4.78, 5) is 12.9. The van der Waals surface area contributed by atoms with Gasteiger partial charge in [0.05, 0.1) is 19.1 Å². The lowest BCUT2D eigenvalue weighted by Crippen LogP contribution is -2.45. The highest BCUT2D eigenvalue weighted by molar-refractivity contribution is 7.92. The fourth-order valence-electron chi connectivity index (χ4n) is 2.97. The summed E-state index contributed by atoms with van der Waals surface area (Å²) >= 11 is 0. The van der Waals surface area contributed by atoms with Crippen LogP contribution in [0.3, 0.4) is 0 Å². The summed E-state index contributed by atoms with van der Waals surface area (Å²) in [6, 6.07) is 11.4. The zero-order valence-corrected chi connectivity index (χ0v) is 17.1. The van der Waals surface area contributed by atoms with E-state index in [9.17, 15) is 13.2 Å². The molecule has 1 amide bonds. The Balaban J connectivity index is 2.35. The number of hydrogen-bond acceptors (Lipinski definition) is 4. The highest BCUT2D eigenvalue weighted by Crippen LogP contribution is 2.26. The van der Waals surface area contributed by atoms with Crippen LogP contribution in [0.15, 0.2) is 42.5 Å². The largest absolute Gasteiger partial charge is 0.497 e. The highest BCUT2D eigenvalue weighted by Gasteiger charge is 2.29. The molecule has 1 atom stereocenters. The van der Waals surface area contributed by atoms with Crippen LogP contribution in [0.2, 0.25) is 0 Å². The number of benzene rings is 2. The van der Waals surface area contributed by atoms with Gasteiger partial charge in [-0.2, -0.15) is 0 Å². The van der Waals surface area contributed by atoms with Gasteiger partial charge in [0.1, 0.15) is 11.8 Å². The third-order valence-corrected chi connectivity index (χ3v) is 5.65. The van der Waals surface area contributed by atoms with Crippen molar-refractivity contribution in [2.24, 2.45) is 0 Å². The minimum absolute atomic E-state index is 0.389. The molecule has 0 fully saturated rings. The Kier molecular flexibility index (Phi) is 6.49. The molecule has 2 rings (SSSR count). The van der Waals surface area contributed by atoms with Crippen LogP contribution < -0.4 is 14.4 Å². The molecule has 0 saturated carbocycles. The van der Waals surface area contributed by atoms with Crippen molar-refractivity contribution >= 4 is 27.3 Å². The number of carbonyl (C=O) groups excluding carboxylic acids is 1. The Hall–Kier alpha value is -2.54. The molecule has 146 valence electrons. The van der Waals surface area contributed by atoms with Gasteiger partial charge in [-0.15, -0.1) is 0 Å². The monoisotopic (exact) mass is 390 g/mol. The predicted molar refractivity (Wildman–Crippen MR) is 109 cm³/mol. The minimum Gasteiger partial charge on any atom is -0.497 e. The number of amides is 1. The van der Waals surface area contributed by atoms with E-state index in [-0.39, 0.29) is 5.91 Å². The second-order valence-electron chi connectivity index (χ2n) is 6.38. The number of carbonyl (C=O) groups is 1. The van der Waals surface area contributed by atoms with Crippen LogP contribution in [-0.4, -0.2) is 33.7 Å². The Morgan fingerprint density at radius 2 is 1.81 bits per heavy atom. The van der Waals surface area contributed by atoms with Gasteiger partial charge in [0.15, 0.2) is 0 Å². The van der Waals surface area contributed by atoms with Crippen LogP contribution in [0.5, 0.6) is 5.75 Å². The quantitative estimate of drug-likeness (QED) is 0.787. The number of anilines is 2. The van der Waals surface area contributed by atoms with Crippen molar-refractivity contribution in [3.05, 3.63) is 53.6 Å². The summed E-state index contributed by atoms with van der Waals surface area (Å²) in [5.41, 5.74) is 3.08. The normalized spacial score (nSPS) is 12.3. The predicted octanol–water partition coefficient (Wildman–Crippen LogP) is 3.36. The maximum atomic E-state index is 12.9. The van der Waals surface area contributed by atoms with Crippen molar-refractivity contribution in [3.63, 3.8) is 0 Å². The molecular formula is C20H26N2O4S. The Morgan fingerprint density at radius 3 is 2.33 bits per heavy atom. The topological polar surface area (TPSA) is 75.7 Å². The van der Waals surface area contributed by atoms with E-state index in [4.69, 9.17) is 4.74 Å². The maximum Gasteiger partial charge on any atom is 0.248 e. The number of nitrogens with one attached hydrogen (secondary N) is 1. The molecule has 0 aliphatic heterocycles. The van der Waals surface area contributed by atoms with Crippen molar-refractivity contribution in [3.8, 4) is 5.75 Å². The van der Waals surface area contributed by atoms with Crippen molar-refractivity contribution < 1.29 is 17.9 Å². The first-order chi connectivity index (χ1) is 12.7. The number of hydrogen-bond donors (Lipinski definition) is 1. The SMILES string of the molecule is CCc1cccc(C)c1NC(=O)C(C)N(c1ccc(OC)cc1)S(C)(=O)=O. The molecular weight excluding hydrogens is 364 g/mol. The third kappa shape index (κ3) is 4.80. The van der Waals surface area contributed by atoms with Gasteiger partial charge in [0, 0.05) is 5.69 Å². The van der Waals surface area contributed by atoms with Crippen molar-refractivity contribution in [2.75, 3.05) is 23.0 Å². The molecule has 0 bridgehead atoms. The Labute approximate surface area is 161 Å². The highest BCUT2D eigenvalue weighted by atomic mass is 32.2. The van der Waals surface area contributed by atoms with E-state index in [0.717, 1.165) is 33.8 Å². The van der Waals surface area contributed by atoms with E-state index >= 15 is 0 Å². The van der Waals surface area contributed by atoms with Gasteiger partial charge < -0.3 is 10.1 Å². The van der Waals surface area contributed by atoms with E-state index in [2.05, 4.69) is 5.32 Å². The van der Waals surface area contributed by atoms with Crippen LogP contribution in [-0.2, 0) is 21.2 Å². The summed E-state index contributed by atoms with van der Waals surface area (Å²) in [6.07, 6.45) is 1.85. The van der Waals surface area contributed by atoms with Gasteiger partial charge >= 0.3 is 0 Å². The summed E-state index contributed by atoms with van der Waals surface area (Å²) in [7, 11) is -2.13. The Bertz CT molecular complexity index is 908. The number of para-hydroxylation sites is 1. The molecule has 0 spiro atoms. The fourth-order valence-corrected chi connectivity index (χ4v) is 4.14. The van der Waals surface area contributed by atoms with Gasteiger partial charge in [0.2, 0.25) is 15.9 Å². The average Bonchev–Trinajstić information content (AvgIpc) is 2.62. The van der Waals surface area contributed by atoms with Crippen molar-refractivity contribution in [1.82, 2.24) is 0 Å². The van der Waals surface area contributed by atoms with Crippen LogP contribution in [0.4, 0.5) is 11.4 Å². The van der Waals surface area contributed by atoms with Crippen molar-refractivity contribution in [1.29, 1.82) is 0 Å². The maximum absolute atomic E-state index is 12.9. The molecule has 0 aliphatic carbocycles. The summed E-state index contributed by atoms with van der Waals surface area (Å²) < 4.78 is 31.0. The first-order valence-corrected chi connectivity index (χ1v) is 10.6. The van der Waals surface area contributed by atoms with Gasteiger partial charge in [-0.05, 0) is 55.7 Å². The number of ether oxygens (including phenoxy) is 1. The van der Waals surface area contributed by atoms with Crippen LogP contribution in [0.25, 0.3) is 0 Å². The molecule has 27 heavy (non-hydrogen) atoms. The van der Waals surface area contributed by atoms with Crippen LogP contribution >= 0.6 is 0 Å². The number of sulfonamides is 1. The zero-order valence-electron chi connectivity index (χ0n) is 16.3. The van der Waals surface area contributed by atoms with Gasteiger partial charge in [-0.1, -0.05) is 25.1 Å². The van der Waals surface area contributed by atoms with Crippen LogP contribution in [0, 0.1) is 6.92 Å². The van der Waals surface area contributed by atoms with Crippen LogP contribution in [0.1, 0.15) is 25.0 Å². The first kappa shape index (κ1) is 20.8. The van der Waals surface area contributed by atoms with E-state index in [1.807, 2.05) is 32.0 Å². The molecule has 1 N–H and O–H groups in total. The van der Waals surface area contributed by atoms with Gasteiger partial charge in [0.25, 0.3) is 0 Å². The molecule has 0 radical (unpaired) electrons. The number of aryl methyl sites for hydroxylation is 2. The Morgan fingerprint density at radius 1 is 1.19 bits per heavy atom. The lowest BCUT2D eigenvalue weighted by Gasteiger charge is -2.28. The second kappa shape index (κ2) is 8.43.